The highest BCUT2D eigenvalue weighted by Gasteiger charge is 2.17. The lowest BCUT2D eigenvalue weighted by Gasteiger charge is -2.15. The fourth-order valence-electron chi connectivity index (χ4n) is 1.90. The van der Waals surface area contributed by atoms with Gasteiger partial charge in [0.25, 0.3) is 0 Å². The Hall–Kier alpha value is -1.98. The number of rotatable bonds is 4. The number of amides is 1. The van der Waals surface area contributed by atoms with Gasteiger partial charge in [0.05, 0.1) is 11.7 Å². The second-order valence-corrected chi connectivity index (χ2v) is 5.33. The lowest BCUT2D eigenvalue weighted by molar-refractivity contribution is -0.118. The molecule has 0 fully saturated rings. The number of nitrogens with one attached hydrogen (secondary N) is 1. The minimum atomic E-state index is -0.519. The molecule has 118 valence electrons. The maximum atomic E-state index is 12.0. The quantitative estimate of drug-likeness (QED) is 0.907. The zero-order valence-corrected chi connectivity index (χ0v) is 13.7. The van der Waals surface area contributed by atoms with E-state index in [1.807, 2.05) is 51.1 Å². The molecule has 0 aliphatic heterocycles. The molecule has 1 aromatic heterocycles. The first-order valence-electron chi connectivity index (χ1n) is 6.94. The van der Waals surface area contributed by atoms with Crippen LogP contribution in [0.2, 0.25) is 0 Å². The molecule has 22 heavy (non-hydrogen) atoms. The Labute approximate surface area is 136 Å². The van der Waals surface area contributed by atoms with E-state index in [2.05, 4.69) is 15.3 Å². The number of nitrogens with two attached hydrogens (primary N) is 1. The minimum absolute atomic E-state index is 0. The molecule has 1 amide bonds. The van der Waals surface area contributed by atoms with Crippen molar-refractivity contribution < 1.29 is 4.79 Å². The molecule has 2 rings (SSSR count). The fourth-order valence-corrected chi connectivity index (χ4v) is 1.90. The van der Waals surface area contributed by atoms with Crippen LogP contribution in [0.25, 0.3) is 11.3 Å². The van der Waals surface area contributed by atoms with Gasteiger partial charge in [0.15, 0.2) is 0 Å². The monoisotopic (exact) mass is 320 g/mol. The molecule has 1 atom stereocenters. The minimum Gasteiger partial charge on any atom is -0.325 e. The number of carbonyl (C=O) groups excluding carboxylic acids is 1. The van der Waals surface area contributed by atoms with Crippen molar-refractivity contribution >= 4 is 24.0 Å². The Morgan fingerprint density at radius 3 is 2.64 bits per heavy atom. The van der Waals surface area contributed by atoms with Gasteiger partial charge in [-0.05, 0) is 31.0 Å². The van der Waals surface area contributed by atoms with Crippen molar-refractivity contribution in [1.82, 2.24) is 9.97 Å². The topological polar surface area (TPSA) is 80.9 Å². The predicted octanol–water partition coefficient (Wildman–Crippen LogP) is 2.80. The number of benzene rings is 1. The molecule has 1 aromatic carbocycles. The molecule has 0 saturated heterocycles. The molecular formula is C16H21ClN4O. The smallest absolute Gasteiger partial charge is 0.241 e. The standard InChI is InChI=1S/C16H20N4O.ClH/c1-10(2)15(17)16(21)20-13-6-4-5-12(9-13)14-7-8-18-11(3)19-14;/h4-10,15H,17H2,1-3H3,(H,20,21);1H. The lowest BCUT2D eigenvalue weighted by Crippen LogP contribution is -2.39. The zero-order valence-electron chi connectivity index (χ0n) is 12.9. The van der Waals surface area contributed by atoms with Crippen molar-refractivity contribution in [2.45, 2.75) is 26.8 Å². The molecule has 0 aliphatic rings. The van der Waals surface area contributed by atoms with Crippen LogP contribution in [0.5, 0.6) is 0 Å². The summed E-state index contributed by atoms with van der Waals surface area (Å²) in [7, 11) is 0. The Kier molecular flexibility index (Phi) is 6.46. The van der Waals surface area contributed by atoms with Gasteiger partial charge in [0.1, 0.15) is 5.82 Å². The van der Waals surface area contributed by atoms with Gasteiger partial charge >= 0.3 is 0 Å². The summed E-state index contributed by atoms with van der Waals surface area (Å²) in [5, 5.41) is 2.84. The van der Waals surface area contributed by atoms with Gasteiger partial charge in [-0.15, -0.1) is 12.4 Å². The van der Waals surface area contributed by atoms with E-state index in [9.17, 15) is 4.79 Å². The lowest BCUT2D eigenvalue weighted by atomic mass is 10.0. The van der Waals surface area contributed by atoms with Crippen molar-refractivity contribution in [1.29, 1.82) is 0 Å². The van der Waals surface area contributed by atoms with E-state index in [0.29, 0.717) is 11.5 Å². The van der Waals surface area contributed by atoms with Crippen LogP contribution in [0, 0.1) is 12.8 Å². The van der Waals surface area contributed by atoms with Gasteiger partial charge in [-0.3, -0.25) is 4.79 Å². The summed E-state index contributed by atoms with van der Waals surface area (Å²) in [4.78, 5) is 20.5. The van der Waals surface area contributed by atoms with Crippen LogP contribution >= 0.6 is 12.4 Å². The molecule has 0 saturated carbocycles. The molecule has 1 unspecified atom stereocenters. The van der Waals surface area contributed by atoms with E-state index < -0.39 is 6.04 Å². The molecule has 0 aliphatic carbocycles. The highest BCUT2D eigenvalue weighted by molar-refractivity contribution is 5.95. The summed E-state index contributed by atoms with van der Waals surface area (Å²) in [6.07, 6.45) is 1.72. The third-order valence-electron chi connectivity index (χ3n) is 3.22. The average molecular weight is 321 g/mol. The molecule has 2 aromatic rings. The highest BCUT2D eigenvalue weighted by Crippen LogP contribution is 2.21. The second kappa shape index (κ2) is 7.87. The SMILES string of the molecule is Cc1nccc(-c2cccc(NC(=O)C(N)C(C)C)c2)n1.Cl. The first-order valence-corrected chi connectivity index (χ1v) is 6.94. The molecular weight excluding hydrogens is 300 g/mol. The summed E-state index contributed by atoms with van der Waals surface area (Å²) in [6, 6.07) is 8.86. The summed E-state index contributed by atoms with van der Waals surface area (Å²) in [5.74, 6) is 0.627. The number of anilines is 1. The van der Waals surface area contributed by atoms with Crippen molar-refractivity contribution in [3.63, 3.8) is 0 Å². The highest BCUT2D eigenvalue weighted by atomic mass is 35.5. The Morgan fingerprint density at radius 1 is 1.27 bits per heavy atom. The molecule has 3 N–H and O–H groups in total. The molecule has 5 nitrogen and oxygen atoms in total. The van der Waals surface area contributed by atoms with Crippen LogP contribution < -0.4 is 11.1 Å². The number of carbonyl (C=O) groups is 1. The number of nitrogens with zero attached hydrogens (tertiary/aromatic N) is 2. The first-order chi connectivity index (χ1) is 9.97. The van der Waals surface area contributed by atoms with Crippen LogP contribution in [0.3, 0.4) is 0 Å². The summed E-state index contributed by atoms with van der Waals surface area (Å²) in [6.45, 7) is 5.69. The van der Waals surface area contributed by atoms with Gasteiger partial charge in [0, 0.05) is 17.4 Å². The average Bonchev–Trinajstić information content (AvgIpc) is 2.46. The molecule has 0 radical (unpaired) electrons. The van der Waals surface area contributed by atoms with Gasteiger partial charge < -0.3 is 11.1 Å². The van der Waals surface area contributed by atoms with Gasteiger partial charge in [-0.1, -0.05) is 26.0 Å². The molecule has 0 spiro atoms. The molecule has 6 heteroatoms. The Bertz CT molecular complexity index is 646. The van der Waals surface area contributed by atoms with E-state index in [-0.39, 0.29) is 24.2 Å². The number of aryl methyl sites for hydroxylation is 1. The van der Waals surface area contributed by atoms with Crippen LogP contribution in [0.15, 0.2) is 36.5 Å². The fraction of sp³-hybridized carbons (Fsp3) is 0.312. The molecule has 0 bridgehead atoms. The predicted molar refractivity (Wildman–Crippen MR) is 90.9 cm³/mol. The van der Waals surface area contributed by atoms with E-state index >= 15 is 0 Å². The summed E-state index contributed by atoms with van der Waals surface area (Å²) < 4.78 is 0. The van der Waals surface area contributed by atoms with Crippen LogP contribution in [-0.2, 0) is 4.79 Å². The normalized spacial score (nSPS) is 11.7. The van der Waals surface area contributed by atoms with Crippen molar-refractivity contribution in [2.24, 2.45) is 11.7 Å². The largest absolute Gasteiger partial charge is 0.325 e. The van der Waals surface area contributed by atoms with E-state index in [1.165, 1.54) is 0 Å². The second-order valence-electron chi connectivity index (χ2n) is 5.33. The van der Waals surface area contributed by atoms with Crippen LogP contribution in [0.4, 0.5) is 5.69 Å². The number of hydrogen-bond donors (Lipinski definition) is 2. The number of hydrogen-bond acceptors (Lipinski definition) is 4. The van der Waals surface area contributed by atoms with Crippen molar-refractivity contribution in [2.75, 3.05) is 5.32 Å². The summed E-state index contributed by atoms with van der Waals surface area (Å²) >= 11 is 0. The van der Waals surface area contributed by atoms with E-state index in [1.54, 1.807) is 6.20 Å². The zero-order chi connectivity index (χ0) is 15.4. The van der Waals surface area contributed by atoms with Gasteiger partial charge in [-0.2, -0.15) is 0 Å². The first kappa shape index (κ1) is 18.1. The van der Waals surface area contributed by atoms with Crippen LogP contribution in [-0.4, -0.2) is 21.9 Å². The maximum absolute atomic E-state index is 12.0. The summed E-state index contributed by atoms with van der Waals surface area (Å²) in [5.41, 5.74) is 8.31. The third-order valence-corrected chi connectivity index (χ3v) is 3.22. The maximum Gasteiger partial charge on any atom is 0.241 e. The van der Waals surface area contributed by atoms with E-state index in [4.69, 9.17) is 5.73 Å². The van der Waals surface area contributed by atoms with Crippen molar-refractivity contribution in [3.05, 3.63) is 42.4 Å². The third kappa shape index (κ3) is 4.51. The molecule has 1 heterocycles. The van der Waals surface area contributed by atoms with Crippen molar-refractivity contribution in [3.8, 4) is 11.3 Å². The van der Waals surface area contributed by atoms with Gasteiger partial charge in [-0.25, -0.2) is 9.97 Å². The van der Waals surface area contributed by atoms with Crippen LogP contribution in [0.1, 0.15) is 19.7 Å². The van der Waals surface area contributed by atoms with Gasteiger partial charge in [0.2, 0.25) is 5.91 Å². The Balaban J connectivity index is 0.00000242. The number of halogens is 1. The van der Waals surface area contributed by atoms with E-state index in [0.717, 1.165) is 11.3 Å². The Morgan fingerprint density at radius 2 is 2.00 bits per heavy atom. The number of aromatic nitrogens is 2.